The van der Waals surface area contributed by atoms with E-state index in [1.807, 2.05) is 16.7 Å². The summed E-state index contributed by atoms with van der Waals surface area (Å²) in [4.78, 5) is 16.9. The van der Waals surface area contributed by atoms with Gasteiger partial charge in [-0.05, 0) is 30.5 Å². The molecule has 0 amide bonds. The van der Waals surface area contributed by atoms with E-state index in [0.29, 0.717) is 18.0 Å². The Morgan fingerprint density at radius 1 is 1.29 bits per heavy atom. The molecule has 106 valence electrons. The zero-order valence-corrected chi connectivity index (χ0v) is 11.4. The van der Waals surface area contributed by atoms with Crippen molar-refractivity contribution in [2.24, 2.45) is 0 Å². The van der Waals surface area contributed by atoms with Crippen molar-refractivity contribution in [3.63, 3.8) is 0 Å². The molecule has 1 aromatic carbocycles. The third-order valence-electron chi connectivity index (χ3n) is 3.89. The van der Waals surface area contributed by atoms with Gasteiger partial charge in [0.2, 0.25) is 0 Å². The van der Waals surface area contributed by atoms with E-state index in [4.69, 9.17) is 0 Å². The van der Waals surface area contributed by atoms with E-state index in [-0.39, 0.29) is 11.4 Å². The van der Waals surface area contributed by atoms with Gasteiger partial charge in [-0.15, -0.1) is 0 Å². The molecule has 1 aliphatic rings. The smallest absolute Gasteiger partial charge is 0.276 e. The van der Waals surface area contributed by atoms with Crippen LogP contribution in [0.5, 0.6) is 0 Å². The van der Waals surface area contributed by atoms with E-state index in [2.05, 4.69) is 4.98 Å². The van der Waals surface area contributed by atoms with Gasteiger partial charge in [-0.25, -0.2) is 9.37 Å². The maximum Gasteiger partial charge on any atom is 0.276 e. The Morgan fingerprint density at radius 3 is 2.90 bits per heavy atom. The summed E-state index contributed by atoms with van der Waals surface area (Å²) in [5, 5.41) is 0. The van der Waals surface area contributed by atoms with Crippen LogP contribution in [0.25, 0.3) is 5.52 Å². The van der Waals surface area contributed by atoms with Crippen molar-refractivity contribution in [1.29, 1.82) is 0 Å². The lowest BCUT2D eigenvalue weighted by atomic mass is 10.2. The van der Waals surface area contributed by atoms with Crippen LogP contribution in [0.2, 0.25) is 0 Å². The van der Waals surface area contributed by atoms with Gasteiger partial charge >= 0.3 is 0 Å². The zero-order chi connectivity index (χ0) is 14.4. The highest BCUT2D eigenvalue weighted by Crippen LogP contribution is 2.38. The molecule has 0 aliphatic heterocycles. The predicted octanol–water partition coefficient (Wildman–Crippen LogP) is 2.56. The summed E-state index contributed by atoms with van der Waals surface area (Å²) in [6.45, 7) is 0.358. The fourth-order valence-corrected chi connectivity index (χ4v) is 2.65. The second-order valence-electron chi connectivity index (χ2n) is 5.51. The van der Waals surface area contributed by atoms with Crippen LogP contribution in [0.4, 0.5) is 4.39 Å². The van der Waals surface area contributed by atoms with Gasteiger partial charge in [0, 0.05) is 18.3 Å². The van der Waals surface area contributed by atoms with Crippen LogP contribution in [0.1, 0.15) is 30.1 Å². The summed E-state index contributed by atoms with van der Waals surface area (Å²) in [7, 11) is 0. The third-order valence-corrected chi connectivity index (χ3v) is 3.89. The molecule has 0 atom stereocenters. The minimum Gasteiger partial charge on any atom is -0.308 e. The number of fused-ring (bicyclic) bond motifs is 1. The predicted molar refractivity (Wildman–Crippen MR) is 76.9 cm³/mol. The first-order chi connectivity index (χ1) is 10.2. The molecule has 21 heavy (non-hydrogen) atoms. The van der Waals surface area contributed by atoms with Crippen molar-refractivity contribution in [2.45, 2.75) is 25.3 Å². The molecular weight excluding hydrogens is 269 g/mol. The van der Waals surface area contributed by atoms with Gasteiger partial charge in [-0.3, -0.25) is 9.20 Å². The lowest BCUT2D eigenvalue weighted by Crippen LogP contribution is -2.21. The molecule has 1 fully saturated rings. The lowest BCUT2D eigenvalue weighted by molar-refractivity contribution is 0.622. The molecule has 4 rings (SSSR count). The lowest BCUT2D eigenvalue weighted by Gasteiger charge is -2.07. The van der Waals surface area contributed by atoms with E-state index in [9.17, 15) is 9.18 Å². The van der Waals surface area contributed by atoms with Crippen LogP contribution >= 0.6 is 0 Å². The fraction of sp³-hybridized carbons (Fsp3) is 0.250. The maximum atomic E-state index is 13.2. The molecule has 0 bridgehead atoms. The van der Waals surface area contributed by atoms with Crippen LogP contribution in [0.15, 0.2) is 47.7 Å². The number of halogens is 1. The summed E-state index contributed by atoms with van der Waals surface area (Å²) in [5.74, 6) is 1.17. The van der Waals surface area contributed by atoms with Crippen LogP contribution < -0.4 is 5.56 Å². The zero-order valence-electron chi connectivity index (χ0n) is 11.4. The van der Waals surface area contributed by atoms with Gasteiger partial charge in [0.05, 0.1) is 12.7 Å². The largest absolute Gasteiger partial charge is 0.308 e. The first kappa shape index (κ1) is 12.3. The van der Waals surface area contributed by atoms with Crippen LogP contribution in [-0.2, 0) is 6.54 Å². The summed E-state index contributed by atoms with van der Waals surface area (Å²) in [6, 6.07) is 6.31. The molecule has 0 radical (unpaired) electrons. The highest BCUT2D eigenvalue weighted by molar-refractivity contribution is 5.44. The third kappa shape index (κ3) is 2.14. The molecule has 0 spiro atoms. The average Bonchev–Trinajstić information content (AvgIpc) is 3.22. The van der Waals surface area contributed by atoms with Crippen molar-refractivity contribution >= 4 is 5.52 Å². The van der Waals surface area contributed by atoms with Gasteiger partial charge in [0.25, 0.3) is 5.56 Å². The SMILES string of the molecule is O=c1c2cnc(C3CC3)n2ccn1Cc1cccc(F)c1. The second-order valence-corrected chi connectivity index (χ2v) is 5.51. The minimum atomic E-state index is -0.290. The molecule has 3 aromatic rings. The summed E-state index contributed by atoms with van der Waals surface area (Å²) >= 11 is 0. The van der Waals surface area contributed by atoms with Crippen LogP contribution in [0, 0.1) is 5.82 Å². The number of aromatic nitrogens is 3. The van der Waals surface area contributed by atoms with Crippen molar-refractivity contribution in [2.75, 3.05) is 0 Å². The van der Waals surface area contributed by atoms with Crippen molar-refractivity contribution < 1.29 is 4.39 Å². The Hall–Kier alpha value is -2.43. The topological polar surface area (TPSA) is 39.3 Å². The molecule has 0 saturated heterocycles. The molecule has 0 N–H and O–H groups in total. The molecule has 2 heterocycles. The van der Waals surface area contributed by atoms with E-state index in [1.165, 1.54) is 12.1 Å². The second kappa shape index (κ2) is 4.55. The number of benzene rings is 1. The Bertz CT molecular complexity index is 877. The first-order valence-corrected chi connectivity index (χ1v) is 7.03. The quantitative estimate of drug-likeness (QED) is 0.741. The average molecular weight is 283 g/mol. The summed E-state index contributed by atoms with van der Waals surface area (Å²) < 4.78 is 16.7. The monoisotopic (exact) mass is 283 g/mol. The van der Waals surface area contributed by atoms with Gasteiger partial charge in [-0.1, -0.05) is 12.1 Å². The minimum absolute atomic E-state index is 0.0961. The van der Waals surface area contributed by atoms with Gasteiger partial charge < -0.3 is 4.57 Å². The van der Waals surface area contributed by atoms with Crippen LogP contribution in [-0.4, -0.2) is 14.0 Å². The number of nitrogens with zero attached hydrogens (tertiary/aromatic N) is 3. The standard InChI is InChI=1S/C16H14FN3O/c17-13-3-1-2-11(8-13)10-19-6-7-20-14(16(19)21)9-18-15(20)12-4-5-12/h1-3,6-9,12H,4-5,10H2. The number of imidazole rings is 1. The van der Waals surface area contributed by atoms with Crippen LogP contribution in [0.3, 0.4) is 0 Å². The van der Waals surface area contributed by atoms with Crippen molar-refractivity contribution in [3.8, 4) is 0 Å². The summed E-state index contributed by atoms with van der Waals surface area (Å²) in [5.41, 5.74) is 1.25. The Morgan fingerprint density at radius 2 is 2.14 bits per heavy atom. The fourth-order valence-electron chi connectivity index (χ4n) is 2.65. The maximum absolute atomic E-state index is 13.2. The van der Waals surface area contributed by atoms with Crippen molar-refractivity contribution in [3.05, 3.63) is 70.4 Å². The highest BCUT2D eigenvalue weighted by Gasteiger charge is 2.28. The Kier molecular flexibility index (Phi) is 2.67. The molecule has 0 unspecified atom stereocenters. The summed E-state index contributed by atoms with van der Waals surface area (Å²) in [6.07, 6.45) is 7.54. The molecule has 1 saturated carbocycles. The molecular formula is C16H14FN3O. The van der Waals surface area contributed by atoms with E-state index >= 15 is 0 Å². The normalized spacial score (nSPS) is 14.7. The van der Waals surface area contributed by atoms with E-state index in [0.717, 1.165) is 24.2 Å². The van der Waals surface area contributed by atoms with Gasteiger partial charge in [0.1, 0.15) is 17.2 Å². The van der Waals surface area contributed by atoms with Crippen molar-refractivity contribution in [1.82, 2.24) is 14.0 Å². The number of hydrogen-bond donors (Lipinski definition) is 0. The number of rotatable bonds is 3. The first-order valence-electron chi connectivity index (χ1n) is 7.03. The Balaban J connectivity index is 1.76. The van der Waals surface area contributed by atoms with E-state index in [1.54, 1.807) is 23.0 Å². The number of hydrogen-bond acceptors (Lipinski definition) is 2. The van der Waals surface area contributed by atoms with E-state index < -0.39 is 0 Å². The molecule has 2 aromatic heterocycles. The Labute approximate surface area is 120 Å². The van der Waals surface area contributed by atoms with Gasteiger partial charge in [0.15, 0.2) is 0 Å². The highest BCUT2D eigenvalue weighted by atomic mass is 19.1. The molecule has 4 nitrogen and oxygen atoms in total. The molecule has 1 aliphatic carbocycles. The molecule has 5 heteroatoms. The van der Waals surface area contributed by atoms with Gasteiger partial charge in [-0.2, -0.15) is 0 Å².